The van der Waals surface area contributed by atoms with Crippen LogP contribution in [0.1, 0.15) is 17.0 Å². The minimum Gasteiger partial charge on any atom is -0.316 e. The number of carbonyl (C=O) groups is 3. The van der Waals surface area contributed by atoms with Gasteiger partial charge in [-0.25, -0.2) is 4.79 Å². The number of likely N-dealkylation sites (N-methyl/N-ethyl adjacent to an activating group) is 2. The predicted molar refractivity (Wildman–Crippen MR) is 92.0 cm³/mol. The lowest BCUT2D eigenvalue weighted by molar-refractivity contribution is -0.134. The van der Waals surface area contributed by atoms with Crippen molar-refractivity contribution in [2.75, 3.05) is 14.1 Å². The van der Waals surface area contributed by atoms with E-state index in [2.05, 4.69) is 4.98 Å². The molecule has 0 aromatic carbocycles. The highest BCUT2D eigenvalue weighted by molar-refractivity contribution is 6.30. The van der Waals surface area contributed by atoms with Crippen LogP contribution in [0.2, 0.25) is 0 Å². The van der Waals surface area contributed by atoms with Crippen LogP contribution in [0.5, 0.6) is 0 Å². The summed E-state index contributed by atoms with van der Waals surface area (Å²) in [6.45, 7) is 3.84. The molecule has 0 N–H and O–H groups in total. The topological polar surface area (TPSA) is 75.5 Å². The van der Waals surface area contributed by atoms with Gasteiger partial charge in [0.2, 0.25) is 0 Å². The highest BCUT2D eigenvalue weighted by Crippen LogP contribution is 2.24. The molecule has 0 aliphatic carbocycles. The first-order chi connectivity index (χ1) is 11.8. The second kappa shape index (κ2) is 6.01. The van der Waals surface area contributed by atoms with Crippen molar-refractivity contribution in [3.05, 3.63) is 53.1 Å². The van der Waals surface area contributed by atoms with Gasteiger partial charge in [-0.2, -0.15) is 0 Å². The van der Waals surface area contributed by atoms with E-state index in [1.807, 2.05) is 36.6 Å². The molecule has 0 saturated carbocycles. The lowest BCUT2D eigenvalue weighted by Gasteiger charge is -2.28. The molecule has 3 rings (SSSR count). The summed E-state index contributed by atoms with van der Waals surface area (Å²) in [5.74, 6) is -1.20. The fraction of sp³-hybridized carbons (Fsp3) is 0.222. The van der Waals surface area contributed by atoms with Gasteiger partial charge in [0.25, 0.3) is 11.8 Å². The number of amides is 4. The van der Waals surface area contributed by atoms with E-state index in [4.69, 9.17) is 0 Å². The lowest BCUT2D eigenvalue weighted by atomic mass is 10.1. The molecule has 3 heterocycles. The summed E-state index contributed by atoms with van der Waals surface area (Å²) in [7, 11) is 2.72. The van der Waals surface area contributed by atoms with Gasteiger partial charge in [0.1, 0.15) is 5.57 Å². The number of nitrogens with zero attached hydrogens (tertiary/aromatic N) is 4. The molecule has 2 aromatic rings. The third-order valence-electron chi connectivity index (χ3n) is 4.32. The molecule has 7 nitrogen and oxygen atoms in total. The van der Waals surface area contributed by atoms with E-state index in [-0.39, 0.29) is 5.57 Å². The quantitative estimate of drug-likeness (QED) is 0.619. The van der Waals surface area contributed by atoms with E-state index in [0.29, 0.717) is 0 Å². The SMILES string of the molecule is Cc1cc(C=C2C(=O)N(C)C(=O)N(C)C2=O)c(C)n1-c1cccnc1. The van der Waals surface area contributed by atoms with Crippen molar-refractivity contribution in [1.82, 2.24) is 19.4 Å². The van der Waals surface area contributed by atoms with Gasteiger partial charge in [0, 0.05) is 31.7 Å². The van der Waals surface area contributed by atoms with Gasteiger partial charge in [0.15, 0.2) is 0 Å². The van der Waals surface area contributed by atoms with Crippen LogP contribution in [-0.4, -0.2) is 51.3 Å². The fourth-order valence-electron chi connectivity index (χ4n) is 2.95. The monoisotopic (exact) mass is 338 g/mol. The molecule has 2 aromatic heterocycles. The van der Waals surface area contributed by atoms with Crippen LogP contribution in [0.3, 0.4) is 0 Å². The fourth-order valence-corrected chi connectivity index (χ4v) is 2.95. The molecule has 7 heteroatoms. The van der Waals surface area contributed by atoms with E-state index in [1.54, 1.807) is 18.5 Å². The van der Waals surface area contributed by atoms with Crippen LogP contribution in [0.15, 0.2) is 36.2 Å². The third kappa shape index (κ3) is 2.63. The van der Waals surface area contributed by atoms with Crippen LogP contribution in [-0.2, 0) is 9.59 Å². The summed E-state index contributed by atoms with van der Waals surface area (Å²) >= 11 is 0. The normalized spacial score (nSPS) is 15.2. The van der Waals surface area contributed by atoms with Crippen LogP contribution in [0.25, 0.3) is 11.8 Å². The number of urea groups is 1. The van der Waals surface area contributed by atoms with Gasteiger partial charge in [-0.1, -0.05) is 0 Å². The molecule has 1 fully saturated rings. The molecule has 25 heavy (non-hydrogen) atoms. The first-order valence-corrected chi connectivity index (χ1v) is 7.74. The Morgan fingerprint density at radius 3 is 2.24 bits per heavy atom. The Morgan fingerprint density at radius 1 is 1.04 bits per heavy atom. The summed E-state index contributed by atoms with van der Waals surface area (Å²) in [5.41, 5.74) is 3.43. The summed E-state index contributed by atoms with van der Waals surface area (Å²) < 4.78 is 2.00. The van der Waals surface area contributed by atoms with Crippen molar-refractivity contribution in [3.63, 3.8) is 0 Å². The molecule has 4 amide bonds. The van der Waals surface area contributed by atoms with Crippen molar-refractivity contribution < 1.29 is 14.4 Å². The number of barbiturate groups is 1. The van der Waals surface area contributed by atoms with Crippen LogP contribution >= 0.6 is 0 Å². The summed E-state index contributed by atoms with van der Waals surface area (Å²) in [6, 6.07) is 5.04. The van der Waals surface area contributed by atoms with E-state index >= 15 is 0 Å². The Hall–Kier alpha value is -3.22. The van der Waals surface area contributed by atoms with Gasteiger partial charge in [-0.3, -0.25) is 24.4 Å². The van der Waals surface area contributed by atoms with Crippen molar-refractivity contribution in [3.8, 4) is 5.69 Å². The number of aromatic nitrogens is 2. The number of aryl methyl sites for hydroxylation is 1. The maximum Gasteiger partial charge on any atom is 0.333 e. The van der Waals surface area contributed by atoms with Gasteiger partial charge in [-0.05, 0) is 43.7 Å². The van der Waals surface area contributed by atoms with Crippen LogP contribution in [0, 0.1) is 13.8 Å². The zero-order chi connectivity index (χ0) is 18.3. The van der Waals surface area contributed by atoms with Gasteiger partial charge >= 0.3 is 6.03 Å². The first kappa shape index (κ1) is 16.6. The van der Waals surface area contributed by atoms with E-state index < -0.39 is 17.8 Å². The number of hydrogen-bond donors (Lipinski definition) is 0. The van der Waals surface area contributed by atoms with Gasteiger partial charge in [-0.15, -0.1) is 0 Å². The molecule has 0 bridgehead atoms. The highest BCUT2D eigenvalue weighted by atomic mass is 16.2. The Morgan fingerprint density at radius 2 is 1.68 bits per heavy atom. The zero-order valence-electron chi connectivity index (χ0n) is 14.5. The van der Waals surface area contributed by atoms with E-state index in [1.165, 1.54) is 14.1 Å². The molecule has 1 aliphatic rings. The van der Waals surface area contributed by atoms with Crippen molar-refractivity contribution in [2.24, 2.45) is 0 Å². The largest absolute Gasteiger partial charge is 0.333 e. The molecule has 0 atom stereocenters. The van der Waals surface area contributed by atoms with Gasteiger partial charge in [0.05, 0.1) is 11.9 Å². The number of carbonyl (C=O) groups excluding carboxylic acids is 3. The number of hydrogen-bond acceptors (Lipinski definition) is 4. The Bertz CT molecular complexity index is 886. The smallest absolute Gasteiger partial charge is 0.316 e. The van der Waals surface area contributed by atoms with E-state index in [9.17, 15) is 14.4 Å². The lowest BCUT2D eigenvalue weighted by Crippen LogP contribution is -2.52. The molecular formula is C18H18N4O3. The molecule has 128 valence electrons. The Kier molecular flexibility index (Phi) is 4.00. The molecular weight excluding hydrogens is 320 g/mol. The second-order valence-corrected chi connectivity index (χ2v) is 5.94. The second-order valence-electron chi connectivity index (χ2n) is 5.94. The minimum atomic E-state index is -0.631. The van der Waals surface area contributed by atoms with Gasteiger partial charge < -0.3 is 4.57 Å². The number of imide groups is 2. The van der Waals surface area contributed by atoms with Crippen molar-refractivity contribution >= 4 is 23.9 Å². The Balaban J connectivity index is 2.09. The zero-order valence-corrected chi connectivity index (χ0v) is 14.5. The third-order valence-corrected chi connectivity index (χ3v) is 4.32. The summed E-state index contributed by atoms with van der Waals surface area (Å²) in [6.07, 6.45) is 4.98. The molecule has 0 unspecified atom stereocenters. The summed E-state index contributed by atoms with van der Waals surface area (Å²) in [4.78, 5) is 42.5. The highest BCUT2D eigenvalue weighted by Gasteiger charge is 2.37. The molecule has 1 aliphatic heterocycles. The average molecular weight is 338 g/mol. The maximum absolute atomic E-state index is 12.3. The minimum absolute atomic E-state index is 0.0314. The number of rotatable bonds is 2. The van der Waals surface area contributed by atoms with Crippen molar-refractivity contribution in [1.29, 1.82) is 0 Å². The molecule has 0 spiro atoms. The van der Waals surface area contributed by atoms with Crippen molar-refractivity contribution in [2.45, 2.75) is 13.8 Å². The van der Waals surface area contributed by atoms with Crippen LogP contribution in [0.4, 0.5) is 4.79 Å². The maximum atomic E-state index is 12.3. The standard InChI is InChI=1S/C18H18N4O3/c1-11-8-13(12(2)22(11)14-6-5-7-19-10-14)9-15-16(23)20(3)18(25)21(4)17(15)24/h5-10H,1-4H3. The predicted octanol–water partition coefficient (Wildman–Crippen LogP) is 1.92. The first-order valence-electron chi connectivity index (χ1n) is 7.74. The number of pyridine rings is 1. The molecule has 1 saturated heterocycles. The van der Waals surface area contributed by atoms with E-state index in [0.717, 1.165) is 32.4 Å². The summed E-state index contributed by atoms with van der Waals surface area (Å²) in [5, 5.41) is 0. The Labute approximate surface area is 145 Å². The molecule has 0 radical (unpaired) electrons. The average Bonchev–Trinajstić information content (AvgIpc) is 2.89. The van der Waals surface area contributed by atoms with Crippen LogP contribution < -0.4 is 0 Å².